The molecule has 5 nitrogen and oxygen atoms in total. The number of nitrogens with one attached hydrogen (secondary N) is 1. The molecule has 3 aromatic carbocycles. The molecule has 0 spiro atoms. The van der Waals surface area contributed by atoms with E-state index in [1.54, 1.807) is 18.0 Å². The van der Waals surface area contributed by atoms with Crippen LogP contribution >= 0.6 is 11.8 Å². The average Bonchev–Trinajstić information content (AvgIpc) is 2.88. The van der Waals surface area contributed by atoms with Crippen molar-refractivity contribution in [3.63, 3.8) is 0 Å². The molecule has 0 saturated heterocycles. The molecular formula is C30H32N2O3S. The van der Waals surface area contributed by atoms with Gasteiger partial charge in [0, 0.05) is 17.5 Å². The van der Waals surface area contributed by atoms with E-state index in [0.29, 0.717) is 17.1 Å². The molecule has 2 amide bonds. The number of likely N-dealkylation sites (N-methyl/N-ethyl adjacent to an activating group) is 1. The molecule has 1 heterocycles. The van der Waals surface area contributed by atoms with Gasteiger partial charge in [-0.2, -0.15) is 0 Å². The molecule has 1 aliphatic heterocycles. The number of hydrogen-bond acceptors (Lipinski definition) is 4. The van der Waals surface area contributed by atoms with Crippen LogP contribution in [-0.2, 0) is 4.79 Å². The van der Waals surface area contributed by atoms with E-state index in [-0.39, 0.29) is 17.9 Å². The van der Waals surface area contributed by atoms with E-state index >= 15 is 0 Å². The Labute approximate surface area is 217 Å². The Morgan fingerprint density at radius 3 is 2.58 bits per heavy atom. The maximum atomic E-state index is 13.1. The normalized spacial score (nSPS) is 14.9. The van der Waals surface area contributed by atoms with E-state index in [2.05, 4.69) is 12.2 Å². The highest BCUT2D eigenvalue weighted by Gasteiger charge is 2.27. The summed E-state index contributed by atoms with van der Waals surface area (Å²) in [7, 11) is 1.75. The van der Waals surface area contributed by atoms with Gasteiger partial charge in [-0.25, -0.2) is 0 Å². The van der Waals surface area contributed by atoms with Crippen molar-refractivity contribution in [3.05, 3.63) is 93.9 Å². The molecule has 0 fully saturated rings. The molecule has 0 saturated carbocycles. The minimum absolute atomic E-state index is 0.0806. The van der Waals surface area contributed by atoms with Gasteiger partial charge in [0.15, 0.2) is 0 Å². The molecule has 3 aromatic rings. The molecule has 0 bridgehead atoms. The Morgan fingerprint density at radius 2 is 1.86 bits per heavy atom. The fourth-order valence-electron chi connectivity index (χ4n) is 3.98. The Balaban J connectivity index is 1.46. The van der Waals surface area contributed by atoms with Gasteiger partial charge in [0.05, 0.1) is 23.2 Å². The zero-order chi connectivity index (χ0) is 25.7. The quantitative estimate of drug-likeness (QED) is 0.274. The Morgan fingerprint density at radius 1 is 1.11 bits per heavy atom. The summed E-state index contributed by atoms with van der Waals surface area (Å²) in [5.74, 6) is 0.574. The number of unbranched alkanes of at least 4 members (excludes halogenated alkanes) is 1. The summed E-state index contributed by atoms with van der Waals surface area (Å²) < 4.78 is 5.72. The summed E-state index contributed by atoms with van der Waals surface area (Å²) in [6.07, 6.45) is 4.06. The topological polar surface area (TPSA) is 58.6 Å². The first-order chi connectivity index (χ1) is 17.4. The number of ether oxygens (including phenoxy) is 1. The maximum absolute atomic E-state index is 13.1. The number of anilines is 1. The van der Waals surface area contributed by atoms with Crippen LogP contribution in [0.5, 0.6) is 5.75 Å². The first kappa shape index (κ1) is 25.6. The molecule has 1 N–H and O–H groups in total. The molecule has 186 valence electrons. The van der Waals surface area contributed by atoms with Crippen molar-refractivity contribution in [1.29, 1.82) is 0 Å². The predicted octanol–water partition coefficient (Wildman–Crippen LogP) is 6.77. The van der Waals surface area contributed by atoms with Gasteiger partial charge in [0.2, 0.25) is 0 Å². The SMILES string of the molecule is CCCCOc1ccc([C@@H](C)NC(=O)c2ccc3c(c2)N(C)C(=O)/C(=C\c2ccccc2C)S3)cc1. The number of carbonyl (C=O) groups excluding carboxylic acids is 2. The van der Waals surface area contributed by atoms with Crippen LogP contribution in [-0.4, -0.2) is 25.5 Å². The second-order valence-corrected chi connectivity index (χ2v) is 10.1. The lowest BCUT2D eigenvalue weighted by Crippen LogP contribution is -2.31. The lowest BCUT2D eigenvalue weighted by Gasteiger charge is -2.27. The number of amides is 2. The third-order valence-corrected chi connectivity index (χ3v) is 7.36. The third-order valence-electron chi connectivity index (χ3n) is 6.29. The van der Waals surface area contributed by atoms with Gasteiger partial charge < -0.3 is 15.0 Å². The first-order valence-electron chi connectivity index (χ1n) is 12.3. The van der Waals surface area contributed by atoms with Crippen LogP contribution in [0.3, 0.4) is 0 Å². The summed E-state index contributed by atoms with van der Waals surface area (Å²) in [6, 6.07) is 21.2. The third kappa shape index (κ3) is 5.82. The van der Waals surface area contributed by atoms with Gasteiger partial charge in [-0.3, -0.25) is 9.59 Å². The van der Waals surface area contributed by atoms with Crippen LogP contribution in [0, 0.1) is 6.92 Å². The fraction of sp³-hybridized carbons (Fsp3) is 0.267. The lowest BCUT2D eigenvalue weighted by molar-refractivity contribution is -0.114. The number of rotatable bonds is 8. The highest BCUT2D eigenvalue weighted by Crippen LogP contribution is 2.42. The number of benzene rings is 3. The standard InChI is InChI=1S/C30H32N2O3S/c1-5-6-17-35-25-14-11-22(12-15-25)21(3)31-29(33)24-13-16-27-26(18-24)32(4)30(34)28(36-27)19-23-10-8-7-9-20(23)2/h7-16,18-19,21H,5-6,17H2,1-4H3,(H,31,33)/b28-19+/t21-/m1/s1. The van der Waals surface area contributed by atoms with Gasteiger partial charge in [0.1, 0.15) is 5.75 Å². The zero-order valence-electron chi connectivity index (χ0n) is 21.2. The first-order valence-corrected chi connectivity index (χ1v) is 13.1. The molecular weight excluding hydrogens is 468 g/mol. The van der Waals surface area contributed by atoms with Crippen molar-refractivity contribution >= 4 is 35.3 Å². The Hall–Kier alpha value is -3.51. The van der Waals surface area contributed by atoms with E-state index in [9.17, 15) is 9.59 Å². The fourth-order valence-corrected chi connectivity index (χ4v) is 5.06. The van der Waals surface area contributed by atoms with E-state index in [1.807, 2.05) is 80.6 Å². The van der Waals surface area contributed by atoms with Gasteiger partial charge in [-0.15, -0.1) is 0 Å². The van der Waals surface area contributed by atoms with E-state index in [4.69, 9.17) is 4.74 Å². The summed E-state index contributed by atoms with van der Waals surface area (Å²) in [5, 5.41) is 3.06. The molecule has 1 atom stereocenters. The molecule has 0 aliphatic carbocycles. The molecule has 0 aromatic heterocycles. The van der Waals surface area contributed by atoms with Crippen molar-refractivity contribution in [3.8, 4) is 5.75 Å². The van der Waals surface area contributed by atoms with Crippen molar-refractivity contribution in [1.82, 2.24) is 5.32 Å². The van der Waals surface area contributed by atoms with Crippen LogP contribution in [0.2, 0.25) is 0 Å². The molecule has 6 heteroatoms. The lowest BCUT2D eigenvalue weighted by atomic mass is 10.1. The second-order valence-electron chi connectivity index (χ2n) is 8.98. The van der Waals surface area contributed by atoms with Crippen LogP contribution in [0.4, 0.5) is 5.69 Å². The van der Waals surface area contributed by atoms with Crippen LogP contribution in [0.25, 0.3) is 6.08 Å². The largest absolute Gasteiger partial charge is 0.494 e. The minimum atomic E-state index is -0.180. The number of hydrogen-bond donors (Lipinski definition) is 1. The van der Waals surface area contributed by atoms with Gasteiger partial charge in [-0.05, 0) is 73.4 Å². The van der Waals surface area contributed by atoms with E-state index in [1.165, 1.54) is 11.8 Å². The van der Waals surface area contributed by atoms with Gasteiger partial charge in [-0.1, -0.05) is 61.5 Å². The highest BCUT2D eigenvalue weighted by molar-refractivity contribution is 8.04. The second kappa shape index (κ2) is 11.5. The van der Waals surface area contributed by atoms with Crippen molar-refractivity contribution < 1.29 is 14.3 Å². The number of carbonyl (C=O) groups is 2. The van der Waals surface area contributed by atoms with Crippen molar-refractivity contribution in [2.75, 3.05) is 18.6 Å². The van der Waals surface area contributed by atoms with Crippen LogP contribution in [0.15, 0.2) is 76.5 Å². The number of aryl methyl sites for hydroxylation is 1. The predicted molar refractivity (Wildman–Crippen MR) is 148 cm³/mol. The summed E-state index contributed by atoms with van der Waals surface area (Å²) >= 11 is 1.44. The number of thioether (sulfide) groups is 1. The molecule has 0 unspecified atom stereocenters. The van der Waals surface area contributed by atoms with Crippen LogP contribution < -0.4 is 15.0 Å². The molecule has 0 radical (unpaired) electrons. The highest BCUT2D eigenvalue weighted by atomic mass is 32.2. The van der Waals surface area contributed by atoms with Crippen molar-refractivity contribution in [2.24, 2.45) is 0 Å². The number of fused-ring (bicyclic) bond motifs is 1. The van der Waals surface area contributed by atoms with E-state index < -0.39 is 0 Å². The zero-order valence-corrected chi connectivity index (χ0v) is 22.0. The summed E-state index contributed by atoms with van der Waals surface area (Å²) in [4.78, 5) is 29.3. The summed E-state index contributed by atoms with van der Waals surface area (Å²) in [6.45, 7) is 6.83. The van der Waals surface area contributed by atoms with Gasteiger partial charge >= 0.3 is 0 Å². The maximum Gasteiger partial charge on any atom is 0.264 e. The number of nitrogens with zero attached hydrogens (tertiary/aromatic N) is 1. The van der Waals surface area contributed by atoms with Gasteiger partial charge in [0.25, 0.3) is 11.8 Å². The van der Waals surface area contributed by atoms with Crippen LogP contribution in [0.1, 0.15) is 59.8 Å². The monoisotopic (exact) mass is 500 g/mol. The smallest absolute Gasteiger partial charge is 0.264 e. The average molecular weight is 501 g/mol. The van der Waals surface area contributed by atoms with E-state index in [0.717, 1.165) is 45.9 Å². The molecule has 4 rings (SSSR count). The Bertz CT molecular complexity index is 1280. The molecule has 36 heavy (non-hydrogen) atoms. The molecule has 1 aliphatic rings. The van der Waals surface area contributed by atoms with Crippen molar-refractivity contribution in [2.45, 2.75) is 44.6 Å². The minimum Gasteiger partial charge on any atom is -0.494 e. The summed E-state index contributed by atoms with van der Waals surface area (Å²) in [5.41, 5.74) is 4.40. The Kier molecular flexibility index (Phi) is 8.16.